The maximum atomic E-state index is 12.9. The molecule has 4 rings (SSSR count). The van der Waals surface area contributed by atoms with Crippen LogP contribution < -0.4 is 20.4 Å². The maximum absolute atomic E-state index is 12.9. The van der Waals surface area contributed by atoms with Gasteiger partial charge in [0.05, 0.1) is 0 Å². The largest absolute Gasteiger partial charge is 2.00 e. The summed E-state index contributed by atoms with van der Waals surface area (Å²) in [6.45, 7) is 0. The molecule has 0 spiro atoms. The zero-order chi connectivity index (χ0) is 21.8. The van der Waals surface area contributed by atoms with Crippen LogP contribution in [0.15, 0.2) is 114 Å². The minimum Gasteiger partial charge on any atom is -0.872 e. The summed E-state index contributed by atoms with van der Waals surface area (Å²) in [7, 11) is 0. The first-order chi connectivity index (χ1) is 15.0. The molecule has 0 radical (unpaired) electrons. The topological polar surface area (TPSA) is 92.2 Å². The van der Waals surface area contributed by atoms with E-state index in [0.717, 1.165) is 35.3 Å². The van der Waals surface area contributed by atoms with E-state index in [0.29, 0.717) is 29.4 Å². The Balaban J connectivity index is 0.00000193. The van der Waals surface area contributed by atoms with Crippen LogP contribution in [0.5, 0.6) is 23.0 Å². The van der Waals surface area contributed by atoms with E-state index in [4.69, 9.17) is 0 Å². The van der Waals surface area contributed by atoms with Crippen LogP contribution in [0.25, 0.3) is 0 Å². The van der Waals surface area contributed by atoms with E-state index >= 15 is 0 Å². The van der Waals surface area contributed by atoms with Crippen molar-refractivity contribution < 1.29 is 20.4 Å². The van der Waals surface area contributed by atoms with Crippen molar-refractivity contribution in [3.63, 3.8) is 0 Å². The standard InChI is InChI=1S/C24H18O4S3.2Ca/c25-15-7-1-3-9-17(15)29-19-11-5-13-21(23(19)27)31-22-14-6-12-20(24(22)28)30-18-10-4-2-8-16(18)26;;/h1-14,25-28H;;/q;2*+2/p-4. The molecule has 33 heavy (non-hydrogen) atoms. The Morgan fingerprint density at radius 1 is 0.364 bits per heavy atom. The molecule has 4 aromatic rings. The van der Waals surface area contributed by atoms with E-state index in [2.05, 4.69) is 0 Å². The van der Waals surface area contributed by atoms with Crippen molar-refractivity contribution in [2.45, 2.75) is 29.4 Å². The molecule has 0 bridgehead atoms. The molecule has 0 aromatic heterocycles. The van der Waals surface area contributed by atoms with E-state index in [1.54, 1.807) is 72.8 Å². The van der Waals surface area contributed by atoms with Crippen molar-refractivity contribution in [2.24, 2.45) is 0 Å². The molecule has 0 unspecified atom stereocenters. The summed E-state index contributed by atoms with van der Waals surface area (Å²) in [6, 6.07) is 23.2. The van der Waals surface area contributed by atoms with Gasteiger partial charge in [0.15, 0.2) is 0 Å². The molecule has 0 amide bonds. The molecule has 4 nitrogen and oxygen atoms in total. The minimum absolute atomic E-state index is 0. The van der Waals surface area contributed by atoms with Crippen molar-refractivity contribution >= 4 is 111 Å². The molecular formula is C24H14Ca2O4S3. The van der Waals surface area contributed by atoms with Gasteiger partial charge >= 0.3 is 75.5 Å². The third-order valence-electron chi connectivity index (χ3n) is 4.24. The number of rotatable bonds is 6. The van der Waals surface area contributed by atoms with Crippen molar-refractivity contribution in [3.8, 4) is 23.0 Å². The molecule has 0 heterocycles. The molecule has 0 saturated heterocycles. The summed E-state index contributed by atoms with van der Waals surface area (Å²) in [5.74, 6) is -0.753. The molecule has 0 saturated carbocycles. The molecule has 9 heteroatoms. The molecule has 0 N–H and O–H groups in total. The molecule has 0 atom stereocenters. The summed E-state index contributed by atoms with van der Waals surface area (Å²) in [6.07, 6.45) is 0. The van der Waals surface area contributed by atoms with Crippen molar-refractivity contribution in [3.05, 3.63) is 84.9 Å². The Morgan fingerprint density at radius 2 is 0.636 bits per heavy atom. The quantitative estimate of drug-likeness (QED) is 0.343. The normalized spacial score (nSPS) is 10.2. The molecule has 156 valence electrons. The van der Waals surface area contributed by atoms with Crippen LogP contribution in [0.2, 0.25) is 0 Å². The summed E-state index contributed by atoms with van der Waals surface area (Å²) < 4.78 is 0. The van der Waals surface area contributed by atoms with Gasteiger partial charge in [0.25, 0.3) is 0 Å². The fourth-order valence-electron chi connectivity index (χ4n) is 2.74. The SMILES string of the molecule is [Ca+2].[Ca+2].[O-]c1ccccc1Sc1cccc(Sc2cccc(Sc3ccccc3[O-])c2[O-])c1[O-]. The fourth-order valence-corrected chi connectivity index (χ4v) is 5.60. The smallest absolute Gasteiger partial charge is 0.872 e. The molecular weight excluding hydrogens is 529 g/mol. The van der Waals surface area contributed by atoms with Gasteiger partial charge in [0.1, 0.15) is 0 Å². The van der Waals surface area contributed by atoms with Crippen LogP contribution in [0.3, 0.4) is 0 Å². The van der Waals surface area contributed by atoms with E-state index in [1.807, 2.05) is 0 Å². The number of hydrogen-bond donors (Lipinski definition) is 0. The van der Waals surface area contributed by atoms with Gasteiger partial charge < -0.3 is 20.4 Å². The fraction of sp³-hybridized carbons (Fsp3) is 0. The minimum atomic E-state index is -0.233. The van der Waals surface area contributed by atoms with E-state index in [1.165, 1.54) is 12.1 Å². The van der Waals surface area contributed by atoms with E-state index < -0.39 is 0 Å². The van der Waals surface area contributed by atoms with Gasteiger partial charge in [-0.3, -0.25) is 0 Å². The third-order valence-corrected chi connectivity index (χ3v) is 7.52. The van der Waals surface area contributed by atoms with Gasteiger partial charge in [-0.2, -0.15) is 0 Å². The van der Waals surface area contributed by atoms with Crippen LogP contribution in [-0.2, 0) is 0 Å². The molecule has 4 aromatic carbocycles. The molecule has 0 aliphatic carbocycles. The Kier molecular flexibility index (Phi) is 12.0. The number of hydrogen-bond acceptors (Lipinski definition) is 7. The first-order valence-electron chi connectivity index (χ1n) is 9.18. The van der Waals surface area contributed by atoms with E-state index in [9.17, 15) is 20.4 Å². The van der Waals surface area contributed by atoms with Gasteiger partial charge in [0, 0.05) is 29.4 Å². The van der Waals surface area contributed by atoms with Crippen LogP contribution in [0, 0.1) is 0 Å². The second kappa shape index (κ2) is 13.7. The van der Waals surface area contributed by atoms with Gasteiger partial charge in [-0.25, -0.2) is 0 Å². The summed E-state index contributed by atoms with van der Waals surface area (Å²) in [5.41, 5.74) is 0. The van der Waals surface area contributed by atoms with Crippen molar-refractivity contribution in [1.82, 2.24) is 0 Å². The predicted molar refractivity (Wildman–Crippen MR) is 127 cm³/mol. The number of benzene rings is 4. The molecule has 0 aliphatic heterocycles. The van der Waals surface area contributed by atoms with Gasteiger partial charge in [-0.1, -0.05) is 107 Å². The van der Waals surface area contributed by atoms with Gasteiger partial charge in [-0.15, -0.1) is 0 Å². The second-order valence-corrected chi connectivity index (χ2v) is 9.62. The summed E-state index contributed by atoms with van der Waals surface area (Å²) in [5, 5.41) is 49.8. The Bertz CT molecular complexity index is 1140. The van der Waals surface area contributed by atoms with Crippen LogP contribution in [0.1, 0.15) is 0 Å². The number of para-hydroxylation sites is 4. The Labute approximate surface area is 264 Å². The monoisotopic (exact) mass is 542 g/mol. The van der Waals surface area contributed by atoms with E-state index in [-0.39, 0.29) is 98.5 Å². The first kappa shape index (κ1) is 28.9. The van der Waals surface area contributed by atoms with Crippen molar-refractivity contribution in [1.29, 1.82) is 0 Å². The van der Waals surface area contributed by atoms with Gasteiger partial charge in [-0.05, 0) is 36.4 Å². The summed E-state index contributed by atoms with van der Waals surface area (Å²) >= 11 is 3.33. The van der Waals surface area contributed by atoms with Crippen molar-refractivity contribution in [2.75, 3.05) is 0 Å². The second-order valence-electron chi connectivity index (χ2n) is 6.37. The average molecular weight is 543 g/mol. The predicted octanol–water partition coefficient (Wildman–Crippen LogP) is 3.67. The van der Waals surface area contributed by atoms with Gasteiger partial charge in [0.2, 0.25) is 0 Å². The molecule has 0 fully saturated rings. The maximum Gasteiger partial charge on any atom is 2.00 e. The zero-order valence-corrected chi connectivity index (χ0v) is 24.2. The van der Waals surface area contributed by atoms with Crippen LogP contribution in [0.4, 0.5) is 0 Å². The first-order valence-corrected chi connectivity index (χ1v) is 11.6. The van der Waals surface area contributed by atoms with Crippen LogP contribution >= 0.6 is 35.3 Å². The average Bonchev–Trinajstić information content (AvgIpc) is 2.76. The zero-order valence-electron chi connectivity index (χ0n) is 17.4. The Morgan fingerprint density at radius 3 is 0.970 bits per heavy atom. The Hall–Kier alpha value is -0.351. The molecule has 0 aliphatic rings. The summed E-state index contributed by atoms with van der Waals surface area (Å²) in [4.78, 5) is 2.59. The van der Waals surface area contributed by atoms with Crippen LogP contribution in [-0.4, -0.2) is 75.5 Å². The third kappa shape index (κ3) is 7.32.